The van der Waals surface area contributed by atoms with E-state index in [-0.39, 0.29) is 12.1 Å². The third-order valence-electron chi connectivity index (χ3n) is 5.12. The zero-order chi connectivity index (χ0) is 19.8. The van der Waals surface area contributed by atoms with Crippen LogP contribution in [0, 0.1) is 0 Å². The van der Waals surface area contributed by atoms with Gasteiger partial charge in [-0.2, -0.15) is 0 Å². The molecule has 1 aromatic carbocycles. The van der Waals surface area contributed by atoms with Crippen LogP contribution in [0.1, 0.15) is 25.3 Å². The van der Waals surface area contributed by atoms with Crippen LogP contribution in [0.15, 0.2) is 29.3 Å². The van der Waals surface area contributed by atoms with Gasteiger partial charge in [-0.1, -0.05) is 12.1 Å². The lowest BCUT2D eigenvalue weighted by atomic mass is 10.1. The highest BCUT2D eigenvalue weighted by Gasteiger charge is 2.23. The highest BCUT2D eigenvalue weighted by Crippen LogP contribution is 2.17. The Hall–Kier alpha value is -2.48. The maximum atomic E-state index is 11.7. The quantitative estimate of drug-likeness (QED) is 0.586. The Morgan fingerprint density at radius 2 is 1.89 bits per heavy atom. The van der Waals surface area contributed by atoms with Crippen LogP contribution in [0.5, 0.6) is 0 Å². The van der Waals surface area contributed by atoms with Crippen LogP contribution in [-0.4, -0.2) is 69.0 Å². The molecular formula is C20H31N5O3. The van der Waals surface area contributed by atoms with Crippen molar-refractivity contribution in [3.05, 3.63) is 29.8 Å². The Kier molecular flexibility index (Phi) is 7.36. The minimum atomic E-state index is -0.233. The molecule has 2 aliphatic heterocycles. The Morgan fingerprint density at radius 3 is 2.54 bits per heavy atom. The average molecular weight is 390 g/mol. The summed E-state index contributed by atoms with van der Waals surface area (Å²) in [6.07, 6.45) is 1.44. The van der Waals surface area contributed by atoms with Crippen molar-refractivity contribution in [3.63, 3.8) is 0 Å². The molecule has 2 heterocycles. The lowest BCUT2D eigenvalue weighted by molar-refractivity contribution is 0.0963. The van der Waals surface area contributed by atoms with E-state index in [0.717, 1.165) is 44.7 Å². The molecule has 28 heavy (non-hydrogen) atoms. The van der Waals surface area contributed by atoms with Gasteiger partial charge in [0.2, 0.25) is 0 Å². The van der Waals surface area contributed by atoms with E-state index in [1.165, 1.54) is 5.69 Å². The van der Waals surface area contributed by atoms with Gasteiger partial charge in [0, 0.05) is 37.9 Å². The first-order valence-electron chi connectivity index (χ1n) is 10.1. The van der Waals surface area contributed by atoms with Gasteiger partial charge in [-0.05, 0) is 37.5 Å². The molecule has 3 N–H and O–H groups in total. The van der Waals surface area contributed by atoms with Crippen LogP contribution in [0.4, 0.5) is 10.5 Å². The van der Waals surface area contributed by atoms with E-state index in [9.17, 15) is 4.79 Å². The number of aliphatic imine (C=N–C) groups is 1. The van der Waals surface area contributed by atoms with Crippen LogP contribution in [-0.2, 0) is 16.0 Å². The van der Waals surface area contributed by atoms with Crippen molar-refractivity contribution in [1.29, 1.82) is 0 Å². The zero-order valence-electron chi connectivity index (χ0n) is 16.6. The summed E-state index contributed by atoms with van der Waals surface area (Å²) in [6, 6.07) is 8.69. The van der Waals surface area contributed by atoms with E-state index >= 15 is 0 Å². The Labute approximate surface area is 166 Å². The second-order valence-electron chi connectivity index (χ2n) is 7.07. The Bertz CT molecular complexity index is 650. The number of hydrogen-bond acceptors (Lipinski definition) is 5. The number of amides is 1. The molecule has 1 aromatic rings. The number of morpholine rings is 1. The lowest BCUT2D eigenvalue weighted by Gasteiger charge is -2.31. The van der Waals surface area contributed by atoms with Crippen molar-refractivity contribution < 1.29 is 14.3 Å². The summed E-state index contributed by atoms with van der Waals surface area (Å²) < 4.78 is 10.4. The first kappa shape index (κ1) is 20.3. The number of nitrogens with two attached hydrogens (primary N) is 1. The third-order valence-corrected chi connectivity index (χ3v) is 5.12. The fraction of sp³-hybridized carbons (Fsp3) is 0.600. The molecule has 0 unspecified atom stereocenters. The third kappa shape index (κ3) is 5.76. The number of guanidine groups is 1. The standard InChI is InChI=1S/C20H31N5O3/c1-2-28-20(26)25-9-7-17(8-10-25)23-19(21)22-15-16-3-5-18(6-4-16)24-11-13-27-14-12-24/h3-6,17H,2,7-15H2,1H3,(H3,21,22,23). The normalized spacial score (nSPS) is 18.8. The first-order chi connectivity index (χ1) is 13.7. The molecule has 0 saturated carbocycles. The predicted octanol–water partition coefficient (Wildman–Crippen LogP) is 1.55. The summed E-state index contributed by atoms with van der Waals surface area (Å²) in [7, 11) is 0. The van der Waals surface area contributed by atoms with E-state index in [1.807, 2.05) is 6.92 Å². The van der Waals surface area contributed by atoms with Gasteiger partial charge in [0.1, 0.15) is 0 Å². The maximum Gasteiger partial charge on any atom is 0.409 e. The lowest BCUT2D eigenvalue weighted by Crippen LogP contribution is -2.48. The summed E-state index contributed by atoms with van der Waals surface area (Å²) in [5.41, 5.74) is 8.39. The number of ether oxygens (including phenoxy) is 2. The summed E-state index contributed by atoms with van der Waals surface area (Å²) >= 11 is 0. The van der Waals surface area contributed by atoms with E-state index in [0.29, 0.717) is 32.2 Å². The second-order valence-corrected chi connectivity index (χ2v) is 7.07. The van der Waals surface area contributed by atoms with Crippen LogP contribution in [0.2, 0.25) is 0 Å². The summed E-state index contributed by atoms with van der Waals surface area (Å²) in [6.45, 7) is 7.56. The zero-order valence-corrected chi connectivity index (χ0v) is 16.6. The first-order valence-corrected chi connectivity index (χ1v) is 10.1. The van der Waals surface area contributed by atoms with Gasteiger partial charge < -0.3 is 30.3 Å². The van der Waals surface area contributed by atoms with Crippen molar-refractivity contribution in [2.24, 2.45) is 10.7 Å². The van der Waals surface area contributed by atoms with E-state index in [2.05, 4.69) is 39.5 Å². The molecule has 0 radical (unpaired) electrons. The molecule has 154 valence electrons. The van der Waals surface area contributed by atoms with Crippen LogP contribution in [0.3, 0.4) is 0 Å². The highest BCUT2D eigenvalue weighted by molar-refractivity contribution is 5.78. The number of anilines is 1. The molecule has 0 aliphatic carbocycles. The Balaban J connectivity index is 1.42. The SMILES string of the molecule is CCOC(=O)N1CCC(NC(N)=NCc2ccc(N3CCOCC3)cc2)CC1. The van der Waals surface area contributed by atoms with Gasteiger partial charge in [-0.15, -0.1) is 0 Å². The van der Waals surface area contributed by atoms with Crippen molar-refractivity contribution in [3.8, 4) is 0 Å². The number of hydrogen-bond donors (Lipinski definition) is 2. The fourth-order valence-corrected chi connectivity index (χ4v) is 3.49. The van der Waals surface area contributed by atoms with Crippen molar-refractivity contribution in [2.45, 2.75) is 32.4 Å². The Morgan fingerprint density at radius 1 is 1.21 bits per heavy atom. The van der Waals surface area contributed by atoms with Gasteiger partial charge in [-0.3, -0.25) is 0 Å². The minimum Gasteiger partial charge on any atom is -0.450 e. The predicted molar refractivity (Wildman–Crippen MR) is 110 cm³/mol. The summed E-state index contributed by atoms with van der Waals surface area (Å²) in [5.74, 6) is 0.451. The second kappa shape index (κ2) is 10.2. The number of rotatable bonds is 5. The van der Waals surface area contributed by atoms with E-state index in [4.69, 9.17) is 15.2 Å². The minimum absolute atomic E-state index is 0.233. The molecule has 3 rings (SSSR count). The highest BCUT2D eigenvalue weighted by atomic mass is 16.6. The van der Waals surface area contributed by atoms with E-state index < -0.39 is 0 Å². The molecule has 2 fully saturated rings. The molecule has 2 saturated heterocycles. The average Bonchev–Trinajstić information content (AvgIpc) is 2.74. The number of carbonyl (C=O) groups is 1. The smallest absolute Gasteiger partial charge is 0.409 e. The number of piperidine rings is 1. The van der Waals surface area contributed by atoms with Crippen molar-refractivity contribution >= 4 is 17.7 Å². The molecule has 0 aromatic heterocycles. The molecule has 8 heteroatoms. The molecule has 0 atom stereocenters. The summed E-state index contributed by atoms with van der Waals surface area (Å²) in [5, 5.41) is 3.27. The maximum absolute atomic E-state index is 11.7. The molecule has 0 bridgehead atoms. The number of likely N-dealkylation sites (tertiary alicyclic amines) is 1. The van der Waals surface area contributed by atoms with Gasteiger partial charge in [0.05, 0.1) is 26.4 Å². The monoisotopic (exact) mass is 389 g/mol. The fourth-order valence-electron chi connectivity index (χ4n) is 3.49. The largest absolute Gasteiger partial charge is 0.450 e. The van der Waals surface area contributed by atoms with Crippen molar-refractivity contribution in [2.75, 3.05) is 50.9 Å². The number of benzene rings is 1. The topological polar surface area (TPSA) is 92.4 Å². The van der Waals surface area contributed by atoms with Crippen LogP contribution in [0.25, 0.3) is 0 Å². The van der Waals surface area contributed by atoms with Crippen LogP contribution >= 0.6 is 0 Å². The molecule has 0 spiro atoms. The molecule has 8 nitrogen and oxygen atoms in total. The molecule has 1 amide bonds. The van der Waals surface area contributed by atoms with Crippen LogP contribution < -0.4 is 16.0 Å². The molecule has 2 aliphatic rings. The number of nitrogens with one attached hydrogen (secondary N) is 1. The number of carbonyl (C=O) groups excluding carboxylic acids is 1. The van der Waals surface area contributed by atoms with Gasteiger partial charge in [0.15, 0.2) is 5.96 Å². The van der Waals surface area contributed by atoms with E-state index in [1.54, 1.807) is 4.90 Å². The van der Waals surface area contributed by atoms with Crippen molar-refractivity contribution in [1.82, 2.24) is 10.2 Å². The van der Waals surface area contributed by atoms with Gasteiger partial charge >= 0.3 is 6.09 Å². The number of nitrogens with zero attached hydrogens (tertiary/aromatic N) is 3. The van der Waals surface area contributed by atoms with Gasteiger partial charge in [0.25, 0.3) is 0 Å². The summed E-state index contributed by atoms with van der Waals surface area (Å²) in [4.78, 5) is 20.3. The molecular weight excluding hydrogens is 358 g/mol. The van der Waals surface area contributed by atoms with Gasteiger partial charge in [-0.25, -0.2) is 9.79 Å².